The lowest BCUT2D eigenvalue weighted by Crippen LogP contribution is -2.59. The average Bonchev–Trinajstić information content (AvgIpc) is 2.68. The van der Waals surface area contributed by atoms with Gasteiger partial charge in [0.05, 0.1) is 11.6 Å². The van der Waals surface area contributed by atoms with Crippen molar-refractivity contribution in [3.8, 4) is 22.9 Å². The molecule has 0 radical (unpaired) electrons. The fourth-order valence-electron chi connectivity index (χ4n) is 5.96. The first-order chi connectivity index (χ1) is 12.7. The van der Waals surface area contributed by atoms with E-state index in [1.54, 1.807) is 6.07 Å². The highest BCUT2D eigenvalue weighted by Gasteiger charge is 2.51. The lowest BCUT2D eigenvalue weighted by molar-refractivity contribution is 0.0796. The topological polar surface area (TPSA) is 56.0 Å². The predicted octanol–water partition coefficient (Wildman–Crippen LogP) is 4.28. The summed E-state index contributed by atoms with van der Waals surface area (Å²) in [5.41, 5.74) is 5.44. The first-order valence-corrected chi connectivity index (χ1v) is 9.81. The number of hydrogen-bond acceptors (Lipinski definition) is 3. The summed E-state index contributed by atoms with van der Waals surface area (Å²) in [6.07, 6.45) is 7.44. The molecule has 2 fully saturated rings. The quantitative estimate of drug-likeness (QED) is 0.812. The molecule has 1 saturated carbocycles. The molecule has 0 spiro atoms. The molecule has 3 aliphatic rings. The largest absolute Gasteiger partial charge is 0.507 e. The van der Waals surface area contributed by atoms with Crippen LogP contribution in [0, 0.1) is 17.2 Å². The van der Waals surface area contributed by atoms with Crippen molar-refractivity contribution in [3.05, 3.63) is 53.1 Å². The second-order valence-electron chi connectivity index (χ2n) is 8.24. The molecule has 0 aromatic heterocycles. The smallest absolute Gasteiger partial charge is 0.123 e. The maximum absolute atomic E-state index is 10.9. The number of phenols is 1. The number of piperidine rings is 1. The molecule has 3 atom stereocenters. The molecular weight excluding hydrogens is 320 g/mol. The summed E-state index contributed by atoms with van der Waals surface area (Å²) in [6, 6.07) is 14.5. The van der Waals surface area contributed by atoms with Crippen molar-refractivity contribution in [2.75, 3.05) is 6.54 Å². The minimum absolute atomic E-state index is 0.256. The maximum atomic E-state index is 10.9. The van der Waals surface area contributed by atoms with E-state index in [0.29, 0.717) is 23.3 Å². The predicted molar refractivity (Wildman–Crippen MR) is 102 cm³/mol. The van der Waals surface area contributed by atoms with E-state index in [1.165, 1.54) is 43.2 Å². The summed E-state index contributed by atoms with van der Waals surface area (Å²) in [4.78, 5) is 0. The van der Waals surface area contributed by atoms with Gasteiger partial charge in [0, 0.05) is 17.0 Å². The third-order valence-electron chi connectivity index (χ3n) is 7.06. The van der Waals surface area contributed by atoms with Gasteiger partial charge < -0.3 is 10.4 Å². The molecule has 1 aliphatic heterocycles. The molecule has 2 aromatic carbocycles. The second kappa shape index (κ2) is 5.86. The lowest BCUT2D eigenvalue weighted by atomic mass is 9.52. The fraction of sp³-hybridized carbons (Fsp3) is 0.435. The standard InChI is InChI=1S/C23H24N2O/c24-14-15-4-3-5-16(10-15)18-11-17-12-21-19-6-1-2-7-23(19,8-9-25-21)20(17)13-22(18)26/h3-5,10-11,13,19,21,25-26H,1-2,6-9,12H2/t19-,21+,23+/m1/s1. The van der Waals surface area contributed by atoms with Gasteiger partial charge in [-0.05, 0) is 79.1 Å². The molecule has 3 nitrogen and oxygen atoms in total. The van der Waals surface area contributed by atoms with Crippen LogP contribution in [0.1, 0.15) is 48.8 Å². The highest BCUT2D eigenvalue weighted by Crippen LogP contribution is 2.55. The number of hydrogen-bond donors (Lipinski definition) is 2. The third-order valence-corrected chi connectivity index (χ3v) is 7.06. The van der Waals surface area contributed by atoms with Crippen molar-refractivity contribution in [3.63, 3.8) is 0 Å². The zero-order chi connectivity index (χ0) is 17.7. The van der Waals surface area contributed by atoms with E-state index in [9.17, 15) is 10.4 Å². The first kappa shape index (κ1) is 15.9. The van der Waals surface area contributed by atoms with Gasteiger partial charge in [-0.3, -0.25) is 0 Å². The lowest BCUT2D eigenvalue weighted by Gasteiger charge is -2.56. The molecular formula is C23H24N2O. The molecule has 0 unspecified atom stereocenters. The maximum Gasteiger partial charge on any atom is 0.123 e. The molecule has 132 valence electrons. The molecule has 26 heavy (non-hydrogen) atoms. The minimum atomic E-state index is 0.256. The van der Waals surface area contributed by atoms with Gasteiger partial charge in [0.15, 0.2) is 0 Å². The second-order valence-corrected chi connectivity index (χ2v) is 8.24. The van der Waals surface area contributed by atoms with E-state index < -0.39 is 0 Å². The van der Waals surface area contributed by atoms with Crippen molar-refractivity contribution in [2.45, 2.75) is 50.0 Å². The minimum Gasteiger partial charge on any atom is -0.507 e. The Morgan fingerprint density at radius 3 is 2.96 bits per heavy atom. The Hall–Kier alpha value is -2.31. The molecule has 1 heterocycles. The van der Waals surface area contributed by atoms with Crippen LogP contribution in [0.2, 0.25) is 0 Å². The fourth-order valence-corrected chi connectivity index (χ4v) is 5.96. The van der Waals surface area contributed by atoms with Crippen LogP contribution in [-0.4, -0.2) is 17.7 Å². The van der Waals surface area contributed by atoms with Crippen LogP contribution in [0.5, 0.6) is 5.75 Å². The number of aromatic hydroxyl groups is 1. The molecule has 0 amide bonds. The molecule has 2 bridgehead atoms. The van der Waals surface area contributed by atoms with E-state index in [-0.39, 0.29) is 5.41 Å². The van der Waals surface area contributed by atoms with Gasteiger partial charge in [-0.15, -0.1) is 0 Å². The van der Waals surface area contributed by atoms with Gasteiger partial charge in [0.1, 0.15) is 5.75 Å². The van der Waals surface area contributed by atoms with Crippen molar-refractivity contribution in [1.82, 2.24) is 5.32 Å². The monoisotopic (exact) mass is 344 g/mol. The zero-order valence-electron chi connectivity index (χ0n) is 15.0. The Balaban J connectivity index is 1.66. The average molecular weight is 344 g/mol. The van der Waals surface area contributed by atoms with Crippen LogP contribution < -0.4 is 5.32 Å². The van der Waals surface area contributed by atoms with Crippen molar-refractivity contribution < 1.29 is 5.11 Å². The third kappa shape index (κ3) is 2.22. The first-order valence-electron chi connectivity index (χ1n) is 9.81. The van der Waals surface area contributed by atoms with E-state index >= 15 is 0 Å². The SMILES string of the molecule is N#Cc1cccc(-c2cc3c(cc2O)[C@]24CCCC[C@@H]2[C@H](C3)NCC4)c1. The van der Waals surface area contributed by atoms with Crippen LogP contribution in [0.4, 0.5) is 0 Å². The summed E-state index contributed by atoms with van der Waals surface area (Å²) >= 11 is 0. The number of nitrogens with one attached hydrogen (secondary N) is 1. The van der Waals surface area contributed by atoms with E-state index in [1.807, 2.05) is 18.2 Å². The van der Waals surface area contributed by atoms with E-state index in [2.05, 4.69) is 23.5 Å². The summed E-state index contributed by atoms with van der Waals surface area (Å²) in [5, 5.41) is 23.8. The van der Waals surface area contributed by atoms with Gasteiger partial charge >= 0.3 is 0 Å². The number of rotatable bonds is 1. The van der Waals surface area contributed by atoms with Gasteiger partial charge in [-0.1, -0.05) is 25.0 Å². The Morgan fingerprint density at radius 2 is 2.08 bits per heavy atom. The van der Waals surface area contributed by atoms with Crippen molar-refractivity contribution >= 4 is 0 Å². The van der Waals surface area contributed by atoms with Crippen LogP contribution in [0.3, 0.4) is 0 Å². The summed E-state index contributed by atoms with van der Waals surface area (Å²) in [5.74, 6) is 1.07. The van der Waals surface area contributed by atoms with Gasteiger partial charge in [-0.2, -0.15) is 5.26 Å². The van der Waals surface area contributed by atoms with E-state index in [4.69, 9.17) is 0 Å². The molecule has 2 N–H and O–H groups in total. The molecule has 2 aromatic rings. The number of fused-ring (bicyclic) bond motifs is 1. The Bertz CT molecular complexity index is 909. The Kier molecular flexibility index (Phi) is 3.58. The molecule has 5 rings (SSSR count). The normalized spacial score (nSPS) is 29.3. The number of nitriles is 1. The van der Waals surface area contributed by atoms with Gasteiger partial charge in [0.2, 0.25) is 0 Å². The summed E-state index contributed by atoms with van der Waals surface area (Å²) < 4.78 is 0. The van der Waals surface area contributed by atoms with Crippen molar-refractivity contribution in [2.24, 2.45) is 5.92 Å². The van der Waals surface area contributed by atoms with E-state index in [0.717, 1.165) is 24.1 Å². The number of nitrogens with zero attached hydrogens (tertiary/aromatic N) is 1. The zero-order valence-corrected chi connectivity index (χ0v) is 15.0. The van der Waals surface area contributed by atoms with Crippen molar-refractivity contribution in [1.29, 1.82) is 5.26 Å². The molecule has 1 saturated heterocycles. The van der Waals surface area contributed by atoms with Crippen LogP contribution >= 0.6 is 0 Å². The number of phenolic OH excluding ortho intramolecular Hbond substituents is 1. The van der Waals surface area contributed by atoms with Gasteiger partial charge in [-0.25, -0.2) is 0 Å². The Morgan fingerprint density at radius 1 is 1.15 bits per heavy atom. The summed E-state index contributed by atoms with van der Waals surface area (Å²) in [7, 11) is 0. The Labute approximate surface area is 154 Å². The highest BCUT2D eigenvalue weighted by molar-refractivity contribution is 5.73. The molecule has 3 heteroatoms. The van der Waals surface area contributed by atoms with Gasteiger partial charge in [0.25, 0.3) is 0 Å². The van der Waals surface area contributed by atoms with Crippen LogP contribution in [0.25, 0.3) is 11.1 Å². The molecule has 2 aliphatic carbocycles. The highest BCUT2D eigenvalue weighted by atomic mass is 16.3. The van der Waals surface area contributed by atoms with Crippen LogP contribution in [0.15, 0.2) is 36.4 Å². The van der Waals surface area contributed by atoms with Crippen LogP contribution in [-0.2, 0) is 11.8 Å². The summed E-state index contributed by atoms with van der Waals surface area (Å²) in [6.45, 7) is 1.09. The number of benzene rings is 2.